The van der Waals surface area contributed by atoms with Gasteiger partial charge in [0.2, 0.25) is 10.0 Å². The van der Waals surface area contributed by atoms with E-state index in [1.807, 2.05) is 30.3 Å². The van der Waals surface area contributed by atoms with E-state index in [9.17, 15) is 13.5 Å². The zero-order valence-corrected chi connectivity index (χ0v) is 12.9. The molecule has 4 nitrogen and oxygen atoms in total. The van der Waals surface area contributed by atoms with E-state index in [0.717, 1.165) is 5.56 Å². The SMILES string of the molecule is CC(O)c1ccc(S(=O)(=O)N(C)Cc2ccccc2)cc1. The Morgan fingerprint density at radius 2 is 1.62 bits per heavy atom. The van der Waals surface area contributed by atoms with Crippen LogP contribution in [0.5, 0.6) is 0 Å². The Hall–Kier alpha value is -1.69. The third-order valence-corrected chi connectivity index (χ3v) is 5.14. The lowest BCUT2D eigenvalue weighted by Crippen LogP contribution is -2.26. The van der Waals surface area contributed by atoms with Crippen molar-refractivity contribution in [1.82, 2.24) is 4.31 Å². The maximum atomic E-state index is 12.5. The third-order valence-electron chi connectivity index (χ3n) is 3.32. The van der Waals surface area contributed by atoms with Crippen LogP contribution in [0.25, 0.3) is 0 Å². The van der Waals surface area contributed by atoms with Crippen LogP contribution >= 0.6 is 0 Å². The highest BCUT2D eigenvalue weighted by atomic mass is 32.2. The molecule has 0 saturated heterocycles. The molecule has 1 unspecified atom stereocenters. The molecule has 0 bridgehead atoms. The first-order valence-corrected chi connectivity index (χ1v) is 8.13. The number of hydrogen-bond acceptors (Lipinski definition) is 3. The van der Waals surface area contributed by atoms with Crippen molar-refractivity contribution in [1.29, 1.82) is 0 Å². The van der Waals surface area contributed by atoms with Gasteiger partial charge in [-0.05, 0) is 30.2 Å². The van der Waals surface area contributed by atoms with Gasteiger partial charge in [0.1, 0.15) is 0 Å². The highest BCUT2D eigenvalue weighted by Crippen LogP contribution is 2.19. The fourth-order valence-electron chi connectivity index (χ4n) is 2.02. The number of nitrogens with zero attached hydrogens (tertiary/aromatic N) is 1. The lowest BCUT2D eigenvalue weighted by Gasteiger charge is -2.17. The Bertz CT molecular complexity index is 679. The van der Waals surface area contributed by atoms with Gasteiger partial charge < -0.3 is 5.11 Å². The molecule has 0 radical (unpaired) electrons. The number of sulfonamides is 1. The molecule has 0 heterocycles. The summed E-state index contributed by atoms with van der Waals surface area (Å²) in [5, 5.41) is 9.46. The molecule has 0 saturated carbocycles. The van der Waals surface area contributed by atoms with Crippen LogP contribution in [0, 0.1) is 0 Å². The Kier molecular flexibility index (Phi) is 4.77. The molecule has 0 amide bonds. The summed E-state index contributed by atoms with van der Waals surface area (Å²) in [4.78, 5) is 0.227. The zero-order chi connectivity index (χ0) is 15.5. The van der Waals surface area contributed by atoms with Crippen molar-refractivity contribution in [2.24, 2.45) is 0 Å². The maximum absolute atomic E-state index is 12.5. The second-order valence-corrected chi connectivity index (χ2v) is 7.04. The van der Waals surface area contributed by atoms with Crippen molar-refractivity contribution >= 4 is 10.0 Å². The Balaban J connectivity index is 2.20. The van der Waals surface area contributed by atoms with Gasteiger partial charge in [-0.1, -0.05) is 42.5 Å². The summed E-state index contributed by atoms with van der Waals surface area (Å²) in [6.45, 7) is 1.96. The highest BCUT2D eigenvalue weighted by Gasteiger charge is 2.20. The first-order chi connectivity index (χ1) is 9.91. The Morgan fingerprint density at radius 3 is 2.14 bits per heavy atom. The predicted octanol–water partition coefficient (Wildman–Crippen LogP) is 2.56. The predicted molar refractivity (Wildman–Crippen MR) is 82.2 cm³/mol. The molecule has 0 spiro atoms. The molecule has 0 aliphatic rings. The molecule has 1 atom stereocenters. The minimum absolute atomic E-state index is 0.227. The van der Waals surface area contributed by atoms with Crippen LogP contribution in [0.2, 0.25) is 0 Å². The molecular formula is C16H19NO3S. The maximum Gasteiger partial charge on any atom is 0.243 e. The second kappa shape index (κ2) is 6.39. The summed E-state index contributed by atoms with van der Waals surface area (Å²) in [6.07, 6.45) is -0.608. The van der Waals surface area contributed by atoms with Gasteiger partial charge in [-0.2, -0.15) is 4.31 Å². The number of aliphatic hydroxyl groups excluding tert-OH is 1. The number of aliphatic hydroxyl groups is 1. The molecule has 2 aromatic carbocycles. The number of hydrogen-bond donors (Lipinski definition) is 1. The summed E-state index contributed by atoms with van der Waals surface area (Å²) in [5.41, 5.74) is 1.63. The van der Waals surface area contributed by atoms with Crippen LogP contribution in [0.4, 0.5) is 0 Å². The van der Waals surface area contributed by atoms with Crippen molar-refractivity contribution in [3.05, 3.63) is 65.7 Å². The van der Waals surface area contributed by atoms with Crippen molar-refractivity contribution in [2.75, 3.05) is 7.05 Å². The minimum atomic E-state index is -3.53. The normalized spacial score (nSPS) is 13.3. The largest absolute Gasteiger partial charge is 0.389 e. The number of rotatable bonds is 5. The average molecular weight is 305 g/mol. The van der Waals surface area contributed by atoms with E-state index in [1.54, 1.807) is 26.1 Å². The first-order valence-electron chi connectivity index (χ1n) is 6.69. The van der Waals surface area contributed by atoms with Gasteiger partial charge in [0.05, 0.1) is 11.0 Å². The van der Waals surface area contributed by atoms with E-state index in [0.29, 0.717) is 12.1 Å². The fourth-order valence-corrected chi connectivity index (χ4v) is 3.18. The van der Waals surface area contributed by atoms with E-state index < -0.39 is 16.1 Å². The lowest BCUT2D eigenvalue weighted by atomic mass is 10.1. The summed E-state index contributed by atoms with van der Waals surface area (Å²) in [7, 11) is -1.97. The van der Waals surface area contributed by atoms with Crippen LogP contribution in [0.1, 0.15) is 24.2 Å². The monoisotopic (exact) mass is 305 g/mol. The van der Waals surface area contributed by atoms with Crippen LogP contribution in [0.3, 0.4) is 0 Å². The standard InChI is InChI=1S/C16H19NO3S/c1-13(18)15-8-10-16(11-9-15)21(19,20)17(2)12-14-6-4-3-5-7-14/h3-11,13,18H,12H2,1-2H3. The Morgan fingerprint density at radius 1 is 1.05 bits per heavy atom. The van der Waals surface area contributed by atoms with Gasteiger partial charge in [0.25, 0.3) is 0 Å². The number of benzene rings is 2. The quantitative estimate of drug-likeness (QED) is 0.923. The molecule has 0 aliphatic carbocycles. The van der Waals surface area contributed by atoms with Gasteiger partial charge in [-0.25, -0.2) is 8.42 Å². The Labute approximate surface area is 125 Å². The topological polar surface area (TPSA) is 57.6 Å². The van der Waals surface area contributed by atoms with Gasteiger partial charge in [0, 0.05) is 13.6 Å². The van der Waals surface area contributed by atoms with E-state index in [1.165, 1.54) is 16.4 Å². The molecule has 5 heteroatoms. The molecular weight excluding hydrogens is 286 g/mol. The van der Waals surface area contributed by atoms with Gasteiger partial charge in [-0.3, -0.25) is 0 Å². The molecule has 0 aliphatic heterocycles. The van der Waals surface area contributed by atoms with Crippen LogP contribution in [-0.4, -0.2) is 24.9 Å². The van der Waals surface area contributed by atoms with E-state index in [4.69, 9.17) is 0 Å². The van der Waals surface area contributed by atoms with Crippen LogP contribution < -0.4 is 0 Å². The smallest absolute Gasteiger partial charge is 0.243 e. The molecule has 2 aromatic rings. The van der Waals surface area contributed by atoms with Gasteiger partial charge in [0.15, 0.2) is 0 Å². The van der Waals surface area contributed by atoms with Crippen molar-refractivity contribution in [3.63, 3.8) is 0 Å². The average Bonchev–Trinajstić information content (AvgIpc) is 2.48. The second-order valence-electron chi connectivity index (χ2n) is 4.99. The summed E-state index contributed by atoms with van der Waals surface area (Å²) in [6, 6.07) is 15.8. The van der Waals surface area contributed by atoms with E-state index in [2.05, 4.69) is 0 Å². The van der Waals surface area contributed by atoms with E-state index >= 15 is 0 Å². The molecule has 112 valence electrons. The first kappa shape index (κ1) is 15.7. The summed E-state index contributed by atoms with van der Waals surface area (Å²) < 4.78 is 26.3. The molecule has 21 heavy (non-hydrogen) atoms. The summed E-state index contributed by atoms with van der Waals surface area (Å²) >= 11 is 0. The van der Waals surface area contributed by atoms with E-state index in [-0.39, 0.29) is 4.90 Å². The van der Waals surface area contributed by atoms with Crippen LogP contribution in [-0.2, 0) is 16.6 Å². The van der Waals surface area contributed by atoms with Gasteiger partial charge >= 0.3 is 0 Å². The minimum Gasteiger partial charge on any atom is -0.389 e. The zero-order valence-electron chi connectivity index (χ0n) is 12.1. The highest BCUT2D eigenvalue weighted by molar-refractivity contribution is 7.89. The van der Waals surface area contributed by atoms with Crippen molar-refractivity contribution in [2.45, 2.75) is 24.5 Å². The van der Waals surface area contributed by atoms with Gasteiger partial charge in [-0.15, -0.1) is 0 Å². The lowest BCUT2D eigenvalue weighted by molar-refractivity contribution is 0.199. The molecule has 0 fully saturated rings. The summed E-state index contributed by atoms with van der Waals surface area (Å²) in [5.74, 6) is 0. The fraction of sp³-hybridized carbons (Fsp3) is 0.250. The molecule has 1 N–H and O–H groups in total. The van der Waals surface area contributed by atoms with Crippen LogP contribution in [0.15, 0.2) is 59.5 Å². The molecule has 2 rings (SSSR count). The van der Waals surface area contributed by atoms with Crippen molar-refractivity contribution in [3.8, 4) is 0 Å². The molecule has 0 aromatic heterocycles. The third kappa shape index (κ3) is 3.69. The van der Waals surface area contributed by atoms with Crippen molar-refractivity contribution < 1.29 is 13.5 Å².